The van der Waals surface area contributed by atoms with Gasteiger partial charge in [0.1, 0.15) is 5.76 Å². The molecule has 2 rings (SSSR count). The third-order valence-electron chi connectivity index (χ3n) is 2.38. The lowest BCUT2D eigenvalue weighted by Gasteiger charge is -2.01. The summed E-state index contributed by atoms with van der Waals surface area (Å²) in [6.07, 6.45) is 2.62. The van der Waals surface area contributed by atoms with Crippen molar-refractivity contribution in [3.63, 3.8) is 0 Å². The van der Waals surface area contributed by atoms with Crippen LogP contribution in [0.25, 0.3) is 11.1 Å². The van der Waals surface area contributed by atoms with E-state index in [1.807, 2.05) is 19.2 Å². The molecule has 3 nitrogen and oxygen atoms in total. The van der Waals surface area contributed by atoms with Gasteiger partial charge in [-0.3, -0.25) is 0 Å². The van der Waals surface area contributed by atoms with Gasteiger partial charge in [-0.2, -0.15) is 0 Å². The van der Waals surface area contributed by atoms with E-state index in [0.717, 1.165) is 34.3 Å². The standard InChI is InChI=1S/C12H13BrN2O/c1-14-6-5-12-11(8-15-16-12)9-3-2-4-10(13)7-9/h2-4,7-8,14H,5-6H2,1H3. The highest BCUT2D eigenvalue weighted by Crippen LogP contribution is 2.26. The van der Waals surface area contributed by atoms with Crippen LogP contribution < -0.4 is 5.32 Å². The first kappa shape index (κ1) is 11.4. The average molecular weight is 281 g/mol. The molecule has 0 unspecified atom stereocenters. The van der Waals surface area contributed by atoms with Crippen LogP contribution >= 0.6 is 15.9 Å². The number of hydrogen-bond acceptors (Lipinski definition) is 3. The fourth-order valence-corrected chi connectivity index (χ4v) is 1.97. The Kier molecular flexibility index (Phi) is 3.74. The summed E-state index contributed by atoms with van der Waals surface area (Å²) in [5, 5.41) is 6.96. The molecule has 0 fully saturated rings. The summed E-state index contributed by atoms with van der Waals surface area (Å²) >= 11 is 3.46. The van der Waals surface area contributed by atoms with Crippen molar-refractivity contribution in [1.29, 1.82) is 0 Å². The summed E-state index contributed by atoms with van der Waals surface area (Å²) in [7, 11) is 1.93. The second-order valence-corrected chi connectivity index (χ2v) is 4.44. The van der Waals surface area contributed by atoms with Crippen LogP contribution in [0.4, 0.5) is 0 Å². The Morgan fingerprint density at radius 3 is 3.06 bits per heavy atom. The summed E-state index contributed by atoms with van der Waals surface area (Å²) in [4.78, 5) is 0. The molecule has 0 saturated carbocycles. The van der Waals surface area contributed by atoms with Crippen LogP contribution in [-0.4, -0.2) is 18.7 Å². The van der Waals surface area contributed by atoms with Gasteiger partial charge in [0, 0.05) is 23.0 Å². The molecule has 16 heavy (non-hydrogen) atoms. The van der Waals surface area contributed by atoms with Crippen LogP contribution in [0.3, 0.4) is 0 Å². The van der Waals surface area contributed by atoms with Gasteiger partial charge in [-0.05, 0) is 24.7 Å². The first-order chi connectivity index (χ1) is 7.81. The highest BCUT2D eigenvalue weighted by Gasteiger charge is 2.09. The van der Waals surface area contributed by atoms with E-state index >= 15 is 0 Å². The lowest BCUT2D eigenvalue weighted by Crippen LogP contribution is -2.10. The van der Waals surface area contributed by atoms with Crippen molar-refractivity contribution in [1.82, 2.24) is 10.5 Å². The highest BCUT2D eigenvalue weighted by molar-refractivity contribution is 9.10. The van der Waals surface area contributed by atoms with Crippen molar-refractivity contribution in [3.05, 3.63) is 40.7 Å². The molecule has 0 saturated heterocycles. The molecule has 0 atom stereocenters. The van der Waals surface area contributed by atoms with Gasteiger partial charge in [-0.15, -0.1) is 0 Å². The molecule has 4 heteroatoms. The van der Waals surface area contributed by atoms with Crippen molar-refractivity contribution in [2.45, 2.75) is 6.42 Å². The Morgan fingerprint density at radius 1 is 1.44 bits per heavy atom. The molecule has 0 bridgehead atoms. The number of benzene rings is 1. The molecule has 1 N–H and O–H groups in total. The fraction of sp³-hybridized carbons (Fsp3) is 0.250. The molecular weight excluding hydrogens is 268 g/mol. The van der Waals surface area contributed by atoms with E-state index in [9.17, 15) is 0 Å². The largest absolute Gasteiger partial charge is 0.361 e. The molecule has 0 amide bonds. The zero-order chi connectivity index (χ0) is 11.4. The van der Waals surface area contributed by atoms with E-state index in [1.165, 1.54) is 0 Å². The number of halogens is 1. The highest BCUT2D eigenvalue weighted by atomic mass is 79.9. The molecule has 0 spiro atoms. The maximum absolute atomic E-state index is 5.26. The second-order valence-electron chi connectivity index (χ2n) is 3.53. The van der Waals surface area contributed by atoms with Gasteiger partial charge in [0.15, 0.2) is 0 Å². The zero-order valence-corrected chi connectivity index (χ0v) is 10.6. The minimum absolute atomic E-state index is 0.846. The van der Waals surface area contributed by atoms with E-state index < -0.39 is 0 Å². The second kappa shape index (κ2) is 5.27. The molecule has 2 aromatic rings. The van der Waals surface area contributed by atoms with E-state index in [1.54, 1.807) is 6.20 Å². The number of nitrogens with zero attached hydrogens (tertiary/aromatic N) is 1. The number of hydrogen-bond donors (Lipinski definition) is 1. The summed E-state index contributed by atoms with van der Waals surface area (Å²) in [5.74, 6) is 0.924. The summed E-state index contributed by atoms with van der Waals surface area (Å²) in [6, 6.07) is 8.13. The van der Waals surface area contributed by atoms with Crippen molar-refractivity contribution < 1.29 is 4.52 Å². The topological polar surface area (TPSA) is 38.1 Å². The summed E-state index contributed by atoms with van der Waals surface area (Å²) < 4.78 is 6.32. The Balaban J connectivity index is 2.29. The third kappa shape index (κ3) is 2.51. The van der Waals surface area contributed by atoms with Gasteiger partial charge in [-0.25, -0.2) is 0 Å². The Labute approximate surface area is 103 Å². The molecular formula is C12H13BrN2O. The normalized spacial score (nSPS) is 10.6. The number of aromatic nitrogens is 1. The van der Waals surface area contributed by atoms with Gasteiger partial charge in [0.2, 0.25) is 0 Å². The van der Waals surface area contributed by atoms with Gasteiger partial charge in [0.05, 0.1) is 6.20 Å². The first-order valence-electron chi connectivity index (χ1n) is 5.15. The Morgan fingerprint density at radius 2 is 2.31 bits per heavy atom. The van der Waals surface area contributed by atoms with Gasteiger partial charge in [-0.1, -0.05) is 33.2 Å². The van der Waals surface area contributed by atoms with E-state index in [4.69, 9.17) is 4.52 Å². The molecule has 84 valence electrons. The number of nitrogens with one attached hydrogen (secondary N) is 1. The lowest BCUT2D eigenvalue weighted by molar-refractivity contribution is 0.382. The van der Waals surface area contributed by atoms with Crippen molar-refractivity contribution in [2.75, 3.05) is 13.6 Å². The van der Waals surface area contributed by atoms with Crippen molar-refractivity contribution >= 4 is 15.9 Å². The van der Waals surface area contributed by atoms with Crippen LogP contribution in [-0.2, 0) is 6.42 Å². The van der Waals surface area contributed by atoms with E-state index in [2.05, 4.69) is 38.5 Å². The van der Waals surface area contributed by atoms with Crippen LogP contribution in [0.15, 0.2) is 39.5 Å². The Bertz CT molecular complexity index is 468. The molecule has 0 aliphatic heterocycles. The van der Waals surface area contributed by atoms with Gasteiger partial charge < -0.3 is 9.84 Å². The third-order valence-corrected chi connectivity index (χ3v) is 2.88. The monoisotopic (exact) mass is 280 g/mol. The maximum atomic E-state index is 5.26. The van der Waals surface area contributed by atoms with Gasteiger partial charge in [0.25, 0.3) is 0 Å². The summed E-state index contributed by atoms with van der Waals surface area (Å²) in [6.45, 7) is 0.885. The predicted molar refractivity (Wildman–Crippen MR) is 67.3 cm³/mol. The number of rotatable bonds is 4. The minimum atomic E-state index is 0.846. The predicted octanol–water partition coefficient (Wildman–Crippen LogP) is 2.87. The average Bonchev–Trinajstić information content (AvgIpc) is 2.74. The van der Waals surface area contributed by atoms with Crippen molar-refractivity contribution in [3.8, 4) is 11.1 Å². The molecule has 1 aromatic heterocycles. The lowest BCUT2D eigenvalue weighted by atomic mass is 10.1. The van der Waals surface area contributed by atoms with Gasteiger partial charge >= 0.3 is 0 Å². The van der Waals surface area contributed by atoms with Crippen LogP contribution in [0.5, 0.6) is 0 Å². The maximum Gasteiger partial charge on any atom is 0.145 e. The Hall–Kier alpha value is -1.13. The molecule has 1 aromatic carbocycles. The van der Waals surface area contributed by atoms with E-state index in [-0.39, 0.29) is 0 Å². The quantitative estimate of drug-likeness (QED) is 0.936. The molecule has 0 aliphatic carbocycles. The SMILES string of the molecule is CNCCc1oncc1-c1cccc(Br)c1. The van der Waals surface area contributed by atoms with Crippen molar-refractivity contribution in [2.24, 2.45) is 0 Å². The minimum Gasteiger partial charge on any atom is -0.361 e. The number of likely N-dealkylation sites (N-methyl/N-ethyl adjacent to an activating group) is 1. The zero-order valence-electron chi connectivity index (χ0n) is 9.03. The molecule has 1 heterocycles. The fourth-order valence-electron chi connectivity index (χ4n) is 1.57. The first-order valence-corrected chi connectivity index (χ1v) is 5.94. The molecule has 0 radical (unpaired) electrons. The summed E-state index contributed by atoms with van der Waals surface area (Å²) in [5.41, 5.74) is 2.19. The van der Waals surface area contributed by atoms with Crippen LogP contribution in [0, 0.1) is 0 Å². The molecule has 0 aliphatic rings. The smallest absolute Gasteiger partial charge is 0.145 e. The van der Waals surface area contributed by atoms with Crippen LogP contribution in [0.2, 0.25) is 0 Å². The van der Waals surface area contributed by atoms with E-state index in [0.29, 0.717) is 0 Å². The van der Waals surface area contributed by atoms with Crippen LogP contribution in [0.1, 0.15) is 5.76 Å².